The summed E-state index contributed by atoms with van der Waals surface area (Å²) >= 11 is 3.84. The van der Waals surface area contributed by atoms with Crippen LogP contribution < -0.4 is 0 Å². The van der Waals surface area contributed by atoms with Crippen molar-refractivity contribution in [1.29, 1.82) is 5.26 Å². The predicted octanol–water partition coefficient (Wildman–Crippen LogP) is 2.84. The van der Waals surface area contributed by atoms with Crippen LogP contribution in [0, 0.1) is 28.7 Å². The first-order valence-corrected chi connectivity index (χ1v) is 4.72. The van der Waals surface area contributed by atoms with Crippen molar-refractivity contribution in [2.45, 2.75) is 13.8 Å². The van der Waals surface area contributed by atoms with Gasteiger partial charge >= 0.3 is 0 Å². The third-order valence-corrected chi connectivity index (χ3v) is 4.43. The minimum absolute atomic E-state index is 0.849. The molecule has 0 radical (unpaired) electrons. The van der Waals surface area contributed by atoms with Gasteiger partial charge < -0.3 is 0 Å². The van der Waals surface area contributed by atoms with Gasteiger partial charge in [0.1, 0.15) is 10.9 Å². The lowest BCUT2D eigenvalue weighted by Crippen LogP contribution is -1.74. The molecule has 0 atom stereocenters. The zero-order chi connectivity index (χ0) is 7.72. The van der Waals surface area contributed by atoms with Gasteiger partial charge in [0.2, 0.25) is 0 Å². The highest BCUT2D eigenvalue weighted by Gasteiger charge is 2.07. The maximum Gasteiger partial charge on any atom is 0.110 e. The molecule has 10 heavy (non-hydrogen) atoms. The van der Waals surface area contributed by atoms with E-state index in [-0.39, 0.29) is 0 Å². The largest absolute Gasteiger partial charge is 0.192 e. The molecule has 0 bridgehead atoms. The van der Waals surface area contributed by atoms with Crippen molar-refractivity contribution in [3.05, 3.63) is 18.9 Å². The number of aryl methyl sites for hydroxylation is 1. The van der Waals surface area contributed by atoms with E-state index >= 15 is 0 Å². The molecule has 1 nitrogen and oxygen atoms in total. The first kappa shape index (κ1) is 8.02. The van der Waals surface area contributed by atoms with Gasteiger partial charge in [-0.2, -0.15) is 5.26 Å². The molecule has 0 saturated heterocycles. The van der Waals surface area contributed by atoms with Crippen molar-refractivity contribution in [1.82, 2.24) is 0 Å². The highest BCUT2D eigenvalue weighted by atomic mass is 127. The average Bonchev–Trinajstić information content (AvgIpc) is 2.17. The molecule has 0 N–H and O–H groups in total. The molecule has 1 rings (SSSR count). The summed E-state index contributed by atoms with van der Waals surface area (Å²) < 4.78 is 1.24. The molecule has 0 amide bonds. The Kier molecular flexibility index (Phi) is 2.32. The van der Waals surface area contributed by atoms with E-state index in [1.54, 1.807) is 11.3 Å². The standard InChI is InChI=1S/C7H6INS/c1-4-6(3-9)10-5(2)7(4)8/h1-2H3. The molecule has 52 valence electrons. The average molecular weight is 263 g/mol. The third kappa shape index (κ3) is 1.18. The van der Waals surface area contributed by atoms with E-state index < -0.39 is 0 Å². The summed E-state index contributed by atoms with van der Waals surface area (Å²) in [6.45, 7) is 4.03. The van der Waals surface area contributed by atoms with Crippen molar-refractivity contribution in [3.8, 4) is 6.07 Å². The molecule has 0 aliphatic rings. The number of thiophene rings is 1. The Morgan fingerprint density at radius 1 is 1.50 bits per heavy atom. The molecular weight excluding hydrogens is 257 g/mol. The van der Waals surface area contributed by atoms with E-state index in [0.29, 0.717) is 0 Å². The smallest absolute Gasteiger partial charge is 0.110 e. The van der Waals surface area contributed by atoms with E-state index in [4.69, 9.17) is 5.26 Å². The first-order valence-electron chi connectivity index (χ1n) is 2.82. The van der Waals surface area contributed by atoms with E-state index in [0.717, 1.165) is 10.4 Å². The normalized spacial score (nSPS) is 9.40. The van der Waals surface area contributed by atoms with Crippen molar-refractivity contribution in [2.75, 3.05) is 0 Å². The molecule has 0 spiro atoms. The second-order valence-corrected chi connectivity index (χ2v) is 4.34. The van der Waals surface area contributed by atoms with Crippen LogP contribution in [0.4, 0.5) is 0 Å². The molecule has 3 heteroatoms. The Morgan fingerprint density at radius 2 is 2.10 bits per heavy atom. The van der Waals surface area contributed by atoms with Crippen LogP contribution in [-0.2, 0) is 0 Å². The SMILES string of the molecule is Cc1sc(C#N)c(C)c1I. The minimum atomic E-state index is 0.849. The molecule has 0 unspecified atom stereocenters. The van der Waals surface area contributed by atoms with Crippen LogP contribution in [0.3, 0.4) is 0 Å². The maximum absolute atomic E-state index is 8.61. The zero-order valence-corrected chi connectivity index (χ0v) is 8.71. The van der Waals surface area contributed by atoms with Crippen LogP contribution in [0.15, 0.2) is 0 Å². The Bertz CT molecular complexity index is 295. The molecule has 1 aromatic heterocycles. The van der Waals surface area contributed by atoms with Gasteiger partial charge in [-0.05, 0) is 42.0 Å². The van der Waals surface area contributed by atoms with Crippen molar-refractivity contribution < 1.29 is 0 Å². The summed E-state index contributed by atoms with van der Waals surface area (Å²) in [6.07, 6.45) is 0. The van der Waals surface area contributed by atoms with Crippen molar-refractivity contribution in [2.24, 2.45) is 0 Å². The molecule has 0 aromatic carbocycles. The molecule has 0 aliphatic heterocycles. The molecule has 0 saturated carbocycles. The lowest BCUT2D eigenvalue weighted by Gasteiger charge is -1.85. The summed E-state index contributed by atoms with van der Waals surface area (Å²) in [5.74, 6) is 0. The molecule has 1 heterocycles. The topological polar surface area (TPSA) is 23.8 Å². The van der Waals surface area contributed by atoms with Gasteiger partial charge in [-0.25, -0.2) is 0 Å². The summed E-state index contributed by atoms with van der Waals surface area (Å²) in [6, 6.07) is 2.17. The van der Waals surface area contributed by atoms with Crippen LogP contribution in [0.2, 0.25) is 0 Å². The quantitative estimate of drug-likeness (QED) is 0.660. The van der Waals surface area contributed by atoms with E-state index in [1.165, 1.54) is 8.45 Å². The predicted molar refractivity (Wildman–Crippen MR) is 51.2 cm³/mol. The second kappa shape index (κ2) is 2.89. The Hall–Kier alpha value is -0.0800. The fraction of sp³-hybridized carbons (Fsp3) is 0.286. The zero-order valence-electron chi connectivity index (χ0n) is 5.73. The van der Waals surface area contributed by atoms with Gasteiger partial charge in [0.15, 0.2) is 0 Å². The summed E-state index contributed by atoms with van der Waals surface area (Å²) in [4.78, 5) is 2.09. The van der Waals surface area contributed by atoms with Gasteiger partial charge in [-0.15, -0.1) is 11.3 Å². The van der Waals surface area contributed by atoms with Gasteiger partial charge in [-0.1, -0.05) is 0 Å². The fourth-order valence-electron chi connectivity index (χ4n) is 0.745. The molecule has 1 aromatic rings. The van der Waals surface area contributed by atoms with E-state index in [2.05, 4.69) is 28.7 Å². The van der Waals surface area contributed by atoms with Crippen LogP contribution >= 0.6 is 33.9 Å². The monoisotopic (exact) mass is 263 g/mol. The first-order chi connectivity index (χ1) is 4.66. The number of nitriles is 1. The van der Waals surface area contributed by atoms with Gasteiger partial charge in [0.05, 0.1) is 0 Å². The highest BCUT2D eigenvalue weighted by Crippen LogP contribution is 2.27. The fourth-order valence-corrected chi connectivity index (χ4v) is 2.38. The van der Waals surface area contributed by atoms with E-state index in [1.807, 2.05) is 13.8 Å². The van der Waals surface area contributed by atoms with E-state index in [9.17, 15) is 0 Å². The van der Waals surface area contributed by atoms with Crippen molar-refractivity contribution >= 4 is 33.9 Å². The number of halogens is 1. The van der Waals surface area contributed by atoms with Crippen LogP contribution in [0.25, 0.3) is 0 Å². The number of hydrogen-bond donors (Lipinski definition) is 0. The van der Waals surface area contributed by atoms with Gasteiger partial charge in [-0.3, -0.25) is 0 Å². The molecule has 0 fully saturated rings. The molecular formula is C7H6INS. The lowest BCUT2D eigenvalue weighted by molar-refractivity contribution is 1.42. The number of nitrogens with zero attached hydrogens (tertiary/aromatic N) is 1. The van der Waals surface area contributed by atoms with Crippen LogP contribution in [0.1, 0.15) is 15.3 Å². The minimum Gasteiger partial charge on any atom is -0.192 e. The Balaban J connectivity index is 3.34. The van der Waals surface area contributed by atoms with Gasteiger partial charge in [0.25, 0.3) is 0 Å². The maximum atomic E-state index is 8.61. The van der Waals surface area contributed by atoms with Crippen LogP contribution in [0.5, 0.6) is 0 Å². The second-order valence-electron chi connectivity index (χ2n) is 2.04. The Morgan fingerprint density at radius 3 is 2.30 bits per heavy atom. The Labute approximate surface area is 77.8 Å². The summed E-state index contributed by atoms with van der Waals surface area (Å²) in [7, 11) is 0. The summed E-state index contributed by atoms with van der Waals surface area (Å²) in [5, 5.41) is 8.61. The number of rotatable bonds is 0. The van der Waals surface area contributed by atoms with Crippen molar-refractivity contribution in [3.63, 3.8) is 0 Å². The van der Waals surface area contributed by atoms with Gasteiger partial charge in [0, 0.05) is 8.45 Å². The summed E-state index contributed by atoms with van der Waals surface area (Å²) in [5.41, 5.74) is 1.13. The number of hydrogen-bond acceptors (Lipinski definition) is 2. The lowest BCUT2D eigenvalue weighted by atomic mass is 10.3. The van der Waals surface area contributed by atoms with Crippen LogP contribution in [-0.4, -0.2) is 0 Å². The third-order valence-electron chi connectivity index (χ3n) is 1.34. The molecule has 0 aliphatic carbocycles. The highest BCUT2D eigenvalue weighted by molar-refractivity contribution is 14.1.